The smallest absolute Gasteiger partial charge is 0.408 e. The van der Waals surface area contributed by atoms with Crippen molar-refractivity contribution in [2.24, 2.45) is 0 Å². The van der Waals surface area contributed by atoms with Crippen LogP contribution in [-0.2, 0) is 32.2 Å². The van der Waals surface area contributed by atoms with Gasteiger partial charge in [-0.05, 0) is 63.4 Å². The Morgan fingerprint density at radius 1 is 1.16 bits per heavy atom. The monoisotopic (exact) mass is 635 g/mol. The Balaban J connectivity index is 1.47. The number of pyridine rings is 1. The number of hydrogen-bond acceptors (Lipinski definition) is 8. The summed E-state index contributed by atoms with van der Waals surface area (Å²) in [5, 5.41) is 16.3. The maximum absolute atomic E-state index is 13.3. The third kappa shape index (κ3) is 10.3. The second kappa shape index (κ2) is 14.9. The Labute approximate surface area is 266 Å². The lowest BCUT2D eigenvalue weighted by Gasteiger charge is -2.27. The number of amides is 2. The number of fused-ring (bicyclic) bond motifs is 1. The van der Waals surface area contributed by atoms with Crippen molar-refractivity contribution in [1.82, 2.24) is 20.2 Å². The number of hydrogen-bond donors (Lipinski definition) is 2. The molecule has 1 fully saturated rings. The summed E-state index contributed by atoms with van der Waals surface area (Å²) in [4.78, 5) is 30.3. The number of carbonyl (C=O) groups is 2. The van der Waals surface area contributed by atoms with E-state index in [4.69, 9.17) is 18.9 Å². The molecule has 0 saturated carbocycles. The molecule has 0 bridgehead atoms. The topological polar surface area (TPSA) is 137 Å². The molecule has 3 heterocycles. The number of alkyl carbamates (subject to hydrolysis) is 1. The van der Waals surface area contributed by atoms with Gasteiger partial charge in [0, 0.05) is 52.8 Å². The zero-order chi connectivity index (χ0) is 32.6. The fourth-order valence-electron chi connectivity index (χ4n) is 4.85. The molecule has 0 radical (unpaired) electrons. The number of rotatable bonds is 12. The third-order valence-electron chi connectivity index (χ3n) is 7.23. The number of nitriles is 1. The van der Waals surface area contributed by atoms with E-state index in [0.717, 1.165) is 24.4 Å². The van der Waals surface area contributed by atoms with Gasteiger partial charge >= 0.3 is 6.09 Å². The quantitative estimate of drug-likeness (QED) is 0.190. The Bertz CT molecular complexity index is 1500. The highest BCUT2D eigenvalue weighted by molar-refractivity contribution is 6.76. The van der Waals surface area contributed by atoms with Crippen molar-refractivity contribution < 1.29 is 28.5 Å². The fourth-order valence-corrected chi connectivity index (χ4v) is 5.61. The molecule has 0 aliphatic carbocycles. The number of benzene rings is 1. The standard InChI is InChI=1S/C33H45N5O6Si/c1-33(2,3)44-32(40)37-27(31(39)36-25-12-15-41-16-13-25)19-23-7-9-26(10-8-23)43-28-11-14-35-30-29(28)24(20-34)21-38(30)22-42-17-18-45(4,5)6/h7-11,14,21,25,27H,12-13,15-19,22H2,1-6H3,(H,36,39)(H,37,40)/t27-/m0/s1. The molecule has 1 aliphatic heterocycles. The van der Waals surface area contributed by atoms with E-state index in [1.54, 1.807) is 51.4 Å². The highest BCUT2D eigenvalue weighted by atomic mass is 28.3. The molecule has 0 unspecified atom stereocenters. The van der Waals surface area contributed by atoms with Crippen molar-refractivity contribution in [1.29, 1.82) is 5.26 Å². The number of carbonyl (C=O) groups excluding carboxylic acids is 2. The lowest BCUT2D eigenvalue weighted by Crippen LogP contribution is -2.52. The van der Waals surface area contributed by atoms with Gasteiger partial charge in [0.25, 0.3) is 0 Å². The van der Waals surface area contributed by atoms with Gasteiger partial charge in [0.1, 0.15) is 41.6 Å². The maximum Gasteiger partial charge on any atom is 0.408 e. The Hall–Kier alpha value is -3.92. The molecule has 1 saturated heterocycles. The van der Waals surface area contributed by atoms with Crippen LogP contribution in [-0.4, -0.2) is 67.1 Å². The average molecular weight is 636 g/mol. The van der Waals surface area contributed by atoms with Gasteiger partial charge in [-0.15, -0.1) is 0 Å². The third-order valence-corrected chi connectivity index (χ3v) is 8.94. The van der Waals surface area contributed by atoms with Crippen LogP contribution in [0.3, 0.4) is 0 Å². The van der Waals surface area contributed by atoms with E-state index in [-0.39, 0.29) is 18.4 Å². The summed E-state index contributed by atoms with van der Waals surface area (Å²) in [6.07, 6.45) is 4.44. The largest absolute Gasteiger partial charge is 0.456 e. The van der Waals surface area contributed by atoms with Gasteiger partial charge in [0.05, 0.1) is 10.9 Å². The van der Waals surface area contributed by atoms with E-state index < -0.39 is 25.8 Å². The van der Waals surface area contributed by atoms with Crippen molar-refractivity contribution in [2.75, 3.05) is 19.8 Å². The summed E-state index contributed by atoms with van der Waals surface area (Å²) in [6, 6.07) is 11.5. The molecule has 1 aliphatic rings. The normalized spacial score (nSPS) is 14.9. The van der Waals surface area contributed by atoms with E-state index in [2.05, 4.69) is 41.3 Å². The minimum atomic E-state index is -1.22. The fraction of sp³-hybridized carbons (Fsp3) is 0.515. The first kappa shape index (κ1) is 34.0. The summed E-state index contributed by atoms with van der Waals surface area (Å²) in [5.41, 5.74) is 1.19. The molecule has 12 heteroatoms. The van der Waals surface area contributed by atoms with Crippen LogP contribution in [0.25, 0.3) is 11.0 Å². The van der Waals surface area contributed by atoms with Crippen LogP contribution in [0.5, 0.6) is 11.5 Å². The minimum absolute atomic E-state index is 0.00737. The average Bonchev–Trinajstić information content (AvgIpc) is 3.33. The van der Waals surface area contributed by atoms with E-state index >= 15 is 0 Å². The molecule has 242 valence electrons. The van der Waals surface area contributed by atoms with E-state index in [1.807, 2.05) is 16.7 Å². The van der Waals surface area contributed by atoms with Crippen LogP contribution in [0.4, 0.5) is 4.79 Å². The predicted octanol–water partition coefficient (Wildman–Crippen LogP) is 5.74. The predicted molar refractivity (Wildman–Crippen MR) is 174 cm³/mol. The summed E-state index contributed by atoms with van der Waals surface area (Å²) in [7, 11) is -1.22. The molecule has 0 spiro atoms. The Morgan fingerprint density at radius 2 is 1.87 bits per heavy atom. The first-order chi connectivity index (χ1) is 21.3. The number of nitrogens with zero attached hydrogens (tertiary/aromatic N) is 3. The van der Waals surface area contributed by atoms with E-state index in [9.17, 15) is 14.9 Å². The lowest BCUT2D eigenvalue weighted by molar-refractivity contribution is -0.124. The first-order valence-electron chi connectivity index (χ1n) is 15.4. The lowest BCUT2D eigenvalue weighted by atomic mass is 10.0. The highest BCUT2D eigenvalue weighted by Crippen LogP contribution is 2.32. The Kier molecular flexibility index (Phi) is 11.2. The maximum atomic E-state index is 13.3. The molecule has 11 nitrogen and oxygen atoms in total. The molecule has 1 atom stereocenters. The zero-order valence-electron chi connectivity index (χ0n) is 27.1. The van der Waals surface area contributed by atoms with Crippen molar-refractivity contribution in [3.05, 3.63) is 53.9 Å². The van der Waals surface area contributed by atoms with Crippen LogP contribution in [0, 0.1) is 11.3 Å². The first-order valence-corrected chi connectivity index (χ1v) is 19.1. The SMILES string of the molecule is CC(C)(C)OC(=O)N[C@@H](Cc1ccc(Oc2ccnc3c2c(C#N)cn3COCC[Si](C)(C)C)cc1)C(=O)NC1CCOCC1. The van der Waals surface area contributed by atoms with Gasteiger partial charge in [-0.3, -0.25) is 4.79 Å². The molecular weight excluding hydrogens is 590 g/mol. The molecule has 2 N–H and O–H groups in total. The van der Waals surface area contributed by atoms with Crippen LogP contribution in [0.2, 0.25) is 25.7 Å². The van der Waals surface area contributed by atoms with E-state index in [1.165, 1.54) is 0 Å². The van der Waals surface area contributed by atoms with Crippen LogP contribution >= 0.6 is 0 Å². The van der Waals surface area contributed by atoms with Crippen LogP contribution < -0.4 is 15.4 Å². The molecule has 3 aromatic rings. The molecule has 2 aromatic heterocycles. The molecule has 45 heavy (non-hydrogen) atoms. The van der Waals surface area contributed by atoms with Crippen molar-refractivity contribution in [3.63, 3.8) is 0 Å². The number of nitrogens with one attached hydrogen (secondary N) is 2. The summed E-state index contributed by atoms with van der Waals surface area (Å²) < 4.78 is 24.8. The number of aromatic nitrogens is 2. The highest BCUT2D eigenvalue weighted by Gasteiger charge is 2.27. The van der Waals surface area contributed by atoms with Crippen LogP contribution in [0.15, 0.2) is 42.7 Å². The van der Waals surface area contributed by atoms with E-state index in [0.29, 0.717) is 54.6 Å². The van der Waals surface area contributed by atoms with Crippen molar-refractivity contribution in [2.45, 2.75) is 90.1 Å². The van der Waals surface area contributed by atoms with Crippen molar-refractivity contribution >= 4 is 31.1 Å². The summed E-state index contributed by atoms with van der Waals surface area (Å²) in [5.74, 6) is 0.785. The zero-order valence-corrected chi connectivity index (χ0v) is 28.1. The minimum Gasteiger partial charge on any atom is -0.456 e. The second-order valence-electron chi connectivity index (χ2n) is 13.5. The van der Waals surface area contributed by atoms with Gasteiger partial charge in [0.2, 0.25) is 5.91 Å². The molecule has 2 amide bonds. The summed E-state index contributed by atoms with van der Waals surface area (Å²) in [6.45, 7) is 14.4. The second-order valence-corrected chi connectivity index (χ2v) is 19.1. The summed E-state index contributed by atoms with van der Waals surface area (Å²) >= 11 is 0. The molecule has 4 rings (SSSR count). The van der Waals surface area contributed by atoms with Crippen LogP contribution in [0.1, 0.15) is 44.7 Å². The van der Waals surface area contributed by atoms with Gasteiger partial charge in [-0.25, -0.2) is 9.78 Å². The Morgan fingerprint density at radius 3 is 2.51 bits per heavy atom. The molecular formula is C33H45N5O6Si. The van der Waals surface area contributed by atoms with Gasteiger partial charge < -0.3 is 34.1 Å². The van der Waals surface area contributed by atoms with Gasteiger partial charge in [-0.2, -0.15) is 5.26 Å². The number of ether oxygens (including phenoxy) is 4. The molecule has 1 aromatic carbocycles. The van der Waals surface area contributed by atoms with Gasteiger partial charge in [-0.1, -0.05) is 31.8 Å². The van der Waals surface area contributed by atoms with Crippen molar-refractivity contribution in [3.8, 4) is 17.6 Å². The van der Waals surface area contributed by atoms with Gasteiger partial charge in [0.15, 0.2) is 0 Å².